The van der Waals surface area contributed by atoms with Crippen LogP contribution in [0.2, 0.25) is 0 Å². The van der Waals surface area contributed by atoms with Crippen LogP contribution >= 0.6 is 11.3 Å². The van der Waals surface area contributed by atoms with Gasteiger partial charge in [-0.15, -0.1) is 23.4 Å². The molecule has 0 saturated heterocycles. The molecular weight excluding hydrogens is 267 g/mol. The van der Waals surface area contributed by atoms with E-state index >= 15 is 0 Å². The highest BCUT2D eigenvalue weighted by molar-refractivity contribution is 7.18. The van der Waals surface area contributed by atoms with E-state index in [-0.39, 0.29) is 11.3 Å². The second-order valence-electron chi connectivity index (χ2n) is 3.21. The normalized spacial score (nSPS) is 11.3. The lowest BCUT2D eigenvalue weighted by atomic mass is 10.2. The SMILES string of the molecule is CNc1nnc(-c2ccccc2OC(F)(F)F)s1. The Labute approximate surface area is 104 Å². The van der Waals surface area contributed by atoms with Gasteiger partial charge in [-0.1, -0.05) is 23.5 Å². The summed E-state index contributed by atoms with van der Waals surface area (Å²) in [4.78, 5) is 0. The summed E-state index contributed by atoms with van der Waals surface area (Å²) in [6.45, 7) is 0. The van der Waals surface area contributed by atoms with Crippen LogP contribution in [0.1, 0.15) is 0 Å². The third-order valence-corrected chi connectivity index (χ3v) is 2.96. The molecule has 2 rings (SSSR count). The summed E-state index contributed by atoms with van der Waals surface area (Å²) in [5.41, 5.74) is 0.258. The first-order chi connectivity index (χ1) is 8.49. The third kappa shape index (κ3) is 2.89. The van der Waals surface area contributed by atoms with Gasteiger partial charge in [-0.25, -0.2) is 0 Å². The number of ether oxygens (including phenoxy) is 1. The maximum Gasteiger partial charge on any atom is 0.573 e. The smallest absolute Gasteiger partial charge is 0.405 e. The Balaban J connectivity index is 2.38. The lowest BCUT2D eigenvalue weighted by Crippen LogP contribution is -2.17. The minimum Gasteiger partial charge on any atom is -0.405 e. The number of alkyl halides is 3. The number of rotatable bonds is 3. The molecule has 8 heteroatoms. The van der Waals surface area contributed by atoms with Crippen LogP contribution in [0, 0.1) is 0 Å². The van der Waals surface area contributed by atoms with Gasteiger partial charge in [0.15, 0.2) is 5.01 Å². The molecule has 0 radical (unpaired) electrons. The number of hydrogen-bond donors (Lipinski definition) is 1. The van der Waals surface area contributed by atoms with Crippen molar-refractivity contribution in [2.45, 2.75) is 6.36 Å². The van der Waals surface area contributed by atoms with Gasteiger partial charge in [0.25, 0.3) is 0 Å². The number of anilines is 1. The molecule has 0 atom stereocenters. The van der Waals surface area contributed by atoms with Crippen LogP contribution in [0.5, 0.6) is 5.75 Å². The molecule has 1 aromatic carbocycles. The molecule has 0 unspecified atom stereocenters. The topological polar surface area (TPSA) is 47.0 Å². The molecule has 0 amide bonds. The number of nitrogens with one attached hydrogen (secondary N) is 1. The van der Waals surface area contributed by atoms with E-state index in [1.807, 2.05) is 0 Å². The van der Waals surface area contributed by atoms with Crippen molar-refractivity contribution in [2.24, 2.45) is 0 Å². The van der Waals surface area contributed by atoms with Gasteiger partial charge < -0.3 is 10.1 Å². The largest absolute Gasteiger partial charge is 0.573 e. The fraction of sp³-hybridized carbons (Fsp3) is 0.200. The van der Waals surface area contributed by atoms with Gasteiger partial charge in [-0.3, -0.25) is 0 Å². The highest BCUT2D eigenvalue weighted by atomic mass is 32.1. The highest BCUT2D eigenvalue weighted by Crippen LogP contribution is 2.35. The summed E-state index contributed by atoms with van der Waals surface area (Å²) in [7, 11) is 1.66. The first-order valence-electron chi connectivity index (χ1n) is 4.86. The van der Waals surface area contributed by atoms with E-state index in [9.17, 15) is 13.2 Å². The molecule has 0 aliphatic heterocycles. The first kappa shape index (κ1) is 12.6. The summed E-state index contributed by atoms with van der Waals surface area (Å²) in [6.07, 6.45) is -4.73. The minimum atomic E-state index is -4.73. The fourth-order valence-corrected chi connectivity index (χ4v) is 2.02. The number of aromatic nitrogens is 2. The van der Waals surface area contributed by atoms with Crippen molar-refractivity contribution in [1.29, 1.82) is 0 Å². The number of para-hydroxylation sites is 1. The van der Waals surface area contributed by atoms with E-state index in [1.165, 1.54) is 18.2 Å². The predicted molar refractivity (Wildman–Crippen MR) is 61.6 cm³/mol. The lowest BCUT2D eigenvalue weighted by Gasteiger charge is -2.11. The second kappa shape index (κ2) is 4.81. The molecule has 1 N–H and O–H groups in total. The van der Waals surface area contributed by atoms with Crippen LogP contribution < -0.4 is 10.1 Å². The average Bonchev–Trinajstić information content (AvgIpc) is 2.76. The van der Waals surface area contributed by atoms with Crippen molar-refractivity contribution < 1.29 is 17.9 Å². The Morgan fingerprint density at radius 2 is 1.94 bits per heavy atom. The Morgan fingerprint density at radius 1 is 1.22 bits per heavy atom. The van der Waals surface area contributed by atoms with Crippen LogP contribution in [-0.2, 0) is 0 Å². The maximum absolute atomic E-state index is 12.2. The van der Waals surface area contributed by atoms with Crippen LogP contribution in [0.15, 0.2) is 24.3 Å². The van der Waals surface area contributed by atoms with E-state index in [0.717, 1.165) is 11.3 Å². The molecule has 0 bridgehead atoms. The summed E-state index contributed by atoms with van der Waals surface area (Å²) in [5, 5.41) is 11.2. The maximum atomic E-state index is 12.2. The van der Waals surface area contributed by atoms with Gasteiger partial charge in [0, 0.05) is 7.05 Å². The minimum absolute atomic E-state index is 0.258. The summed E-state index contributed by atoms with van der Waals surface area (Å²) in [6, 6.07) is 5.81. The molecule has 0 aliphatic carbocycles. The molecule has 18 heavy (non-hydrogen) atoms. The van der Waals surface area contributed by atoms with Crippen LogP contribution in [0.4, 0.5) is 18.3 Å². The molecule has 0 aliphatic rings. The Morgan fingerprint density at radius 3 is 2.56 bits per heavy atom. The summed E-state index contributed by atoms with van der Waals surface area (Å²) < 4.78 is 40.7. The number of nitrogens with zero attached hydrogens (tertiary/aromatic N) is 2. The molecule has 1 aromatic heterocycles. The lowest BCUT2D eigenvalue weighted by molar-refractivity contribution is -0.274. The standard InChI is InChI=1S/C10H8F3N3OS/c1-14-9-16-15-8(18-9)6-4-2-3-5-7(6)17-10(11,12)13/h2-5H,1H3,(H,14,16). The second-order valence-corrected chi connectivity index (χ2v) is 4.18. The quantitative estimate of drug-likeness (QED) is 0.934. The monoisotopic (exact) mass is 275 g/mol. The molecular formula is C10H8F3N3OS. The molecule has 0 spiro atoms. The summed E-state index contributed by atoms with van der Waals surface area (Å²) >= 11 is 1.15. The molecule has 4 nitrogen and oxygen atoms in total. The highest BCUT2D eigenvalue weighted by Gasteiger charge is 2.32. The number of benzene rings is 1. The van der Waals surface area contributed by atoms with E-state index < -0.39 is 6.36 Å². The van der Waals surface area contributed by atoms with Gasteiger partial charge in [0.2, 0.25) is 5.13 Å². The van der Waals surface area contributed by atoms with Crippen molar-refractivity contribution in [2.75, 3.05) is 12.4 Å². The van der Waals surface area contributed by atoms with Gasteiger partial charge in [-0.2, -0.15) is 0 Å². The van der Waals surface area contributed by atoms with Crippen molar-refractivity contribution in [3.8, 4) is 16.3 Å². The predicted octanol–water partition coefficient (Wildman–Crippen LogP) is 3.15. The zero-order valence-corrected chi connectivity index (χ0v) is 9.97. The Hall–Kier alpha value is -1.83. The van der Waals surface area contributed by atoms with Crippen LogP contribution in [0.3, 0.4) is 0 Å². The Bertz CT molecular complexity index is 541. The Kier molecular flexibility index (Phi) is 3.37. The molecule has 1 heterocycles. The fourth-order valence-electron chi connectivity index (χ4n) is 1.29. The van der Waals surface area contributed by atoms with E-state index in [0.29, 0.717) is 10.1 Å². The number of hydrogen-bond acceptors (Lipinski definition) is 5. The molecule has 96 valence electrons. The third-order valence-electron chi connectivity index (χ3n) is 1.98. The van der Waals surface area contributed by atoms with Gasteiger partial charge in [0.05, 0.1) is 5.56 Å². The summed E-state index contributed by atoms with van der Waals surface area (Å²) in [5.74, 6) is -0.288. The zero-order valence-electron chi connectivity index (χ0n) is 9.15. The number of halogens is 3. The van der Waals surface area contributed by atoms with E-state index in [4.69, 9.17) is 0 Å². The van der Waals surface area contributed by atoms with Gasteiger partial charge >= 0.3 is 6.36 Å². The average molecular weight is 275 g/mol. The molecule has 2 aromatic rings. The van der Waals surface area contributed by atoms with Crippen LogP contribution in [0.25, 0.3) is 10.6 Å². The van der Waals surface area contributed by atoms with Crippen molar-refractivity contribution >= 4 is 16.5 Å². The van der Waals surface area contributed by atoms with E-state index in [2.05, 4.69) is 20.3 Å². The van der Waals surface area contributed by atoms with E-state index in [1.54, 1.807) is 13.1 Å². The van der Waals surface area contributed by atoms with Crippen molar-refractivity contribution in [1.82, 2.24) is 10.2 Å². The van der Waals surface area contributed by atoms with Gasteiger partial charge in [-0.05, 0) is 12.1 Å². The molecule has 0 saturated carbocycles. The van der Waals surface area contributed by atoms with Crippen molar-refractivity contribution in [3.05, 3.63) is 24.3 Å². The van der Waals surface area contributed by atoms with Crippen LogP contribution in [-0.4, -0.2) is 23.6 Å². The first-order valence-corrected chi connectivity index (χ1v) is 5.67. The van der Waals surface area contributed by atoms with Gasteiger partial charge in [0.1, 0.15) is 5.75 Å². The van der Waals surface area contributed by atoms with Crippen molar-refractivity contribution in [3.63, 3.8) is 0 Å². The zero-order chi connectivity index (χ0) is 13.2. The molecule has 0 fully saturated rings.